The zero-order valence-corrected chi connectivity index (χ0v) is 6.91. The summed E-state index contributed by atoms with van der Waals surface area (Å²) in [6.07, 6.45) is 4.27. The number of hydrogen-bond acceptors (Lipinski definition) is 5. The fourth-order valence-electron chi connectivity index (χ4n) is 0.604. The number of nitrogens with zero attached hydrogens (tertiary/aromatic N) is 3. The molecule has 1 aromatic rings. The van der Waals surface area contributed by atoms with Crippen LogP contribution in [0.4, 0.5) is 5.95 Å². The summed E-state index contributed by atoms with van der Waals surface area (Å²) in [6, 6.07) is 0. The summed E-state index contributed by atoms with van der Waals surface area (Å²) >= 11 is 0. The van der Waals surface area contributed by atoms with Crippen LogP contribution in [-0.4, -0.2) is 32.2 Å². The molecule has 7 heteroatoms. The van der Waals surface area contributed by atoms with Crippen LogP contribution in [0.25, 0.3) is 0 Å². The van der Waals surface area contributed by atoms with Crippen molar-refractivity contribution >= 4 is 17.8 Å². The van der Waals surface area contributed by atoms with Crippen LogP contribution in [-0.2, 0) is 9.59 Å². The van der Waals surface area contributed by atoms with E-state index in [-0.39, 0.29) is 5.95 Å². The van der Waals surface area contributed by atoms with Crippen LogP contribution in [0.5, 0.6) is 0 Å². The molecule has 72 valence electrons. The van der Waals surface area contributed by atoms with Gasteiger partial charge in [-0.2, -0.15) is 5.10 Å². The summed E-state index contributed by atoms with van der Waals surface area (Å²) in [6.45, 7) is 0. The van der Waals surface area contributed by atoms with Crippen LogP contribution < -0.4 is 5.32 Å². The normalized spacial score (nSPS) is 10.0. The highest BCUT2D eigenvalue weighted by molar-refractivity contribution is 6.01. The molecule has 0 fully saturated rings. The fraction of sp³-hybridized carbons (Fsp3) is 0. The fourth-order valence-corrected chi connectivity index (χ4v) is 0.604. The van der Waals surface area contributed by atoms with Gasteiger partial charge in [-0.05, 0) is 0 Å². The Morgan fingerprint density at radius 2 is 2.14 bits per heavy atom. The molecule has 0 saturated heterocycles. The molecule has 7 nitrogen and oxygen atoms in total. The summed E-state index contributed by atoms with van der Waals surface area (Å²) in [5.74, 6) is -1.81. The van der Waals surface area contributed by atoms with Gasteiger partial charge in [0.1, 0.15) is 0 Å². The molecule has 0 aliphatic carbocycles. The lowest BCUT2D eigenvalue weighted by atomic mass is 10.5. The predicted molar refractivity (Wildman–Crippen MR) is 45.2 cm³/mol. The molecule has 1 heterocycles. The molecule has 0 aliphatic rings. The molecule has 1 aromatic heterocycles. The Bertz CT molecular complexity index is 362. The molecule has 0 bridgehead atoms. The molecule has 1 amide bonds. The summed E-state index contributed by atoms with van der Waals surface area (Å²) in [4.78, 5) is 24.7. The van der Waals surface area contributed by atoms with Crippen LogP contribution in [0.15, 0.2) is 24.5 Å². The number of amides is 1. The van der Waals surface area contributed by atoms with Gasteiger partial charge in [0.05, 0.1) is 12.4 Å². The van der Waals surface area contributed by atoms with Gasteiger partial charge in [-0.1, -0.05) is 0 Å². The van der Waals surface area contributed by atoms with E-state index in [1.54, 1.807) is 0 Å². The Hall–Kier alpha value is -2.31. The van der Waals surface area contributed by atoms with E-state index < -0.39 is 11.9 Å². The number of aromatic nitrogens is 3. The number of nitrogens with one attached hydrogen (secondary N) is 1. The first-order valence-electron chi connectivity index (χ1n) is 3.54. The number of hydrogen-bond donors (Lipinski definition) is 2. The minimum Gasteiger partial charge on any atom is -0.478 e. The van der Waals surface area contributed by atoms with E-state index in [2.05, 4.69) is 20.5 Å². The van der Waals surface area contributed by atoms with Crippen molar-refractivity contribution in [2.24, 2.45) is 0 Å². The van der Waals surface area contributed by atoms with E-state index in [9.17, 15) is 9.59 Å². The minimum atomic E-state index is -1.20. The highest BCUT2D eigenvalue weighted by atomic mass is 16.4. The molecular weight excluding hydrogens is 188 g/mol. The van der Waals surface area contributed by atoms with Gasteiger partial charge >= 0.3 is 5.97 Å². The van der Waals surface area contributed by atoms with Crippen LogP contribution in [0, 0.1) is 0 Å². The summed E-state index contributed by atoms with van der Waals surface area (Å²) < 4.78 is 0. The largest absolute Gasteiger partial charge is 0.478 e. The van der Waals surface area contributed by atoms with Crippen LogP contribution >= 0.6 is 0 Å². The van der Waals surface area contributed by atoms with Crippen LogP contribution in [0.2, 0.25) is 0 Å². The highest BCUT2D eigenvalue weighted by Crippen LogP contribution is 1.91. The van der Waals surface area contributed by atoms with E-state index in [0.717, 1.165) is 6.08 Å². The molecule has 0 radical (unpaired) electrons. The number of anilines is 1. The van der Waals surface area contributed by atoms with Crippen molar-refractivity contribution in [3.63, 3.8) is 0 Å². The van der Waals surface area contributed by atoms with E-state index in [0.29, 0.717) is 6.08 Å². The Labute approximate surface area is 78.5 Å². The lowest BCUT2D eigenvalue weighted by molar-refractivity contribution is -0.131. The lowest BCUT2D eigenvalue weighted by Gasteiger charge is -1.95. The maximum absolute atomic E-state index is 10.9. The highest BCUT2D eigenvalue weighted by Gasteiger charge is 1.99. The first kappa shape index (κ1) is 9.78. The SMILES string of the molecule is O=C(O)/C=C\C(=O)Nc1nccnn1. The number of aliphatic carboxylic acids is 1. The van der Waals surface area contributed by atoms with Crippen molar-refractivity contribution in [2.45, 2.75) is 0 Å². The quantitative estimate of drug-likeness (QED) is 0.625. The maximum Gasteiger partial charge on any atom is 0.328 e. The molecule has 1 rings (SSSR count). The van der Waals surface area contributed by atoms with Gasteiger partial charge in [-0.15, -0.1) is 5.10 Å². The molecular formula is C7H6N4O3. The Morgan fingerprint density at radius 1 is 1.36 bits per heavy atom. The molecule has 0 aromatic carbocycles. The Kier molecular flexibility index (Phi) is 3.25. The second kappa shape index (κ2) is 4.65. The van der Waals surface area contributed by atoms with E-state index in [4.69, 9.17) is 5.11 Å². The van der Waals surface area contributed by atoms with Gasteiger partial charge in [-0.25, -0.2) is 9.78 Å². The van der Waals surface area contributed by atoms with Crippen molar-refractivity contribution in [1.29, 1.82) is 0 Å². The number of carbonyl (C=O) groups excluding carboxylic acids is 1. The molecule has 0 aliphatic heterocycles. The molecule has 0 saturated carbocycles. The van der Waals surface area contributed by atoms with Gasteiger partial charge < -0.3 is 5.11 Å². The average molecular weight is 194 g/mol. The minimum absolute atomic E-state index is 0.0209. The molecule has 2 N–H and O–H groups in total. The molecule has 0 spiro atoms. The number of carboxylic acids is 1. The third-order valence-electron chi connectivity index (χ3n) is 1.09. The summed E-state index contributed by atoms with van der Waals surface area (Å²) in [5.41, 5.74) is 0. The van der Waals surface area contributed by atoms with Crippen molar-refractivity contribution < 1.29 is 14.7 Å². The topological polar surface area (TPSA) is 105 Å². The Morgan fingerprint density at radius 3 is 2.71 bits per heavy atom. The van der Waals surface area contributed by atoms with Crippen molar-refractivity contribution in [1.82, 2.24) is 15.2 Å². The average Bonchev–Trinajstić information content (AvgIpc) is 2.16. The van der Waals surface area contributed by atoms with E-state index >= 15 is 0 Å². The van der Waals surface area contributed by atoms with Gasteiger partial charge in [0, 0.05) is 12.2 Å². The third-order valence-corrected chi connectivity index (χ3v) is 1.09. The van der Waals surface area contributed by atoms with Gasteiger partial charge in [0.2, 0.25) is 5.95 Å². The standard InChI is InChI=1S/C7H6N4O3/c12-5(1-2-6(13)14)10-7-8-3-4-9-11-7/h1-4H,(H,13,14)(H,8,10,11,12)/b2-1-. The Balaban J connectivity index is 2.54. The van der Waals surface area contributed by atoms with Gasteiger partial charge in [0.15, 0.2) is 0 Å². The van der Waals surface area contributed by atoms with Crippen LogP contribution in [0.1, 0.15) is 0 Å². The monoisotopic (exact) mass is 194 g/mol. The van der Waals surface area contributed by atoms with Gasteiger partial charge in [-0.3, -0.25) is 10.1 Å². The first-order valence-corrected chi connectivity index (χ1v) is 3.54. The van der Waals surface area contributed by atoms with Crippen LogP contribution in [0.3, 0.4) is 0 Å². The van der Waals surface area contributed by atoms with Crippen molar-refractivity contribution in [3.05, 3.63) is 24.5 Å². The number of carboxylic acid groups (broad SMARTS) is 1. The number of rotatable bonds is 3. The third kappa shape index (κ3) is 3.39. The smallest absolute Gasteiger partial charge is 0.328 e. The zero-order chi connectivity index (χ0) is 10.4. The van der Waals surface area contributed by atoms with Gasteiger partial charge in [0.25, 0.3) is 5.91 Å². The molecule has 0 unspecified atom stereocenters. The summed E-state index contributed by atoms with van der Waals surface area (Å²) in [5, 5.41) is 17.4. The second-order valence-electron chi connectivity index (χ2n) is 2.13. The zero-order valence-electron chi connectivity index (χ0n) is 6.91. The first-order chi connectivity index (χ1) is 6.68. The number of carbonyl (C=O) groups is 2. The van der Waals surface area contributed by atoms with E-state index in [1.165, 1.54) is 12.4 Å². The second-order valence-corrected chi connectivity index (χ2v) is 2.13. The lowest BCUT2D eigenvalue weighted by Crippen LogP contribution is -2.11. The van der Waals surface area contributed by atoms with Crippen molar-refractivity contribution in [2.75, 3.05) is 5.32 Å². The summed E-state index contributed by atoms with van der Waals surface area (Å²) in [7, 11) is 0. The maximum atomic E-state index is 10.9. The predicted octanol–water partition coefficient (Wildman–Crippen LogP) is -0.549. The van der Waals surface area contributed by atoms with Crippen molar-refractivity contribution in [3.8, 4) is 0 Å². The molecule has 0 atom stereocenters. The van der Waals surface area contributed by atoms with E-state index in [1.807, 2.05) is 0 Å². The molecule has 14 heavy (non-hydrogen) atoms.